The third-order valence-electron chi connectivity index (χ3n) is 6.27. The number of hydrogen-bond donors (Lipinski definition) is 3. The molecule has 4 aromatic rings. The van der Waals surface area contributed by atoms with Crippen molar-refractivity contribution in [1.82, 2.24) is 25.4 Å². The topological polar surface area (TPSA) is 120 Å². The van der Waals surface area contributed by atoms with Gasteiger partial charge in [0.15, 0.2) is 0 Å². The highest BCUT2D eigenvalue weighted by Crippen LogP contribution is 2.29. The first kappa shape index (κ1) is 23.7. The van der Waals surface area contributed by atoms with Crippen molar-refractivity contribution in [1.29, 1.82) is 0 Å². The van der Waals surface area contributed by atoms with Crippen LogP contribution >= 0.6 is 11.3 Å². The van der Waals surface area contributed by atoms with Crippen LogP contribution in [0.1, 0.15) is 49.5 Å². The first-order chi connectivity index (χ1) is 17.4. The molecule has 3 N–H and O–H groups in total. The van der Waals surface area contributed by atoms with Crippen LogP contribution in [0.15, 0.2) is 48.8 Å². The number of nitrogens with zero attached hydrogens (tertiary/aromatic N) is 3. The molecule has 1 aliphatic heterocycles. The summed E-state index contributed by atoms with van der Waals surface area (Å²) in [6.45, 7) is 4.71. The second kappa shape index (κ2) is 9.90. The predicted octanol–water partition coefficient (Wildman–Crippen LogP) is 3.67. The van der Waals surface area contributed by atoms with Crippen LogP contribution in [0, 0.1) is 6.92 Å². The van der Waals surface area contributed by atoms with Gasteiger partial charge in [0.1, 0.15) is 6.04 Å². The van der Waals surface area contributed by atoms with Crippen molar-refractivity contribution in [2.75, 3.05) is 11.9 Å². The summed E-state index contributed by atoms with van der Waals surface area (Å²) in [5, 5.41) is 13.5. The van der Waals surface area contributed by atoms with E-state index < -0.39 is 6.04 Å². The van der Waals surface area contributed by atoms with E-state index in [-0.39, 0.29) is 17.7 Å². The number of amides is 3. The van der Waals surface area contributed by atoms with Crippen molar-refractivity contribution < 1.29 is 14.4 Å². The molecule has 0 spiro atoms. The van der Waals surface area contributed by atoms with Crippen molar-refractivity contribution in [3.63, 3.8) is 0 Å². The molecule has 0 fully saturated rings. The Morgan fingerprint density at radius 1 is 1.17 bits per heavy atom. The van der Waals surface area contributed by atoms with E-state index in [4.69, 9.17) is 0 Å². The molecule has 0 radical (unpaired) electrons. The SMILES string of the molecule is CC[C@@H](NC(=O)c1ccc2[nH]ncc2c1)C(=O)N1CCc2sc(C(=O)Nc3ccnc(C)c3)cc2C1. The van der Waals surface area contributed by atoms with Gasteiger partial charge in [-0.05, 0) is 61.7 Å². The second-order valence-corrected chi connectivity index (χ2v) is 9.95. The van der Waals surface area contributed by atoms with E-state index in [1.807, 2.05) is 26.0 Å². The Hall–Kier alpha value is -4.05. The van der Waals surface area contributed by atoms with E-state index >= 15 is 0 Å². The first-order valence-electron chi connectivity index (χ1n) is 11.8. The second-order valence-electron chi connectivity index (χ2n) is 8.82. The van der Waals surface area contributed by atoms with E-state index in [0.29, 0.717) is 42.1 Å². The van der Waals surface area contributed by atoms with E-state index in [0.717, 1.165) is 27.0 Å². The number of thiophene rings is 1. The van der Waals surface area contributed by atoms with E-state index in [2.05, 4.69) is 25.8 Å². The predicted molar refractivity (Wildman–Crippen MR) is 138 cm³/mol. The number of carbonyl (C=O) groups excluding carboxylic acids is 3. The summed E-state index contributed by atoms with van der Waals surface area (Å²) in [6.07, 6.45) is 4.47. The van der Waals surface area contributed by atoms with Crippen molar-refractivity contribution in [3.8, 4) is 0 Å². The zero-order chi connectivity index (χ0) is 25.2. The largest absolute Gasteiger partial charge is 0.340 e. The number of aromatic amines is 1. The normalized spacial score (nSPS) is 13.8. The fraction of sp³-hybridized carbons (Fsp3) is 0.269. The minimum absolute atomic E-state index is 0.120. The van der Waals surface area contributed by atoms with Crippen molar-refractivity contribution >= 4 is 45.6 Å². The average Bonchev–Trinajstić information content (AvgIpc) is 3.52. The first-order valence-corrected chi connectivity index (χ1v) is 12.6. The van der Waals surface area contributed by atoms with Gasteiger partial charge in [0.05, 0.1) is 16.6 Å². The third-order valence-corrected chi connectivity index (χ3v) is 7.51. The number of hydrogen-bond acceptors (Lipinski definition) is 6. The molecule has 0 saturated heterocycles. The number of fused-ring (bicyclic) bond motifs is 2. The minimum Gasteiger partial charge on any atom is -0.340 e. The number of carbonyl (C=O) groups is 3. The number of benzene rings is 1. The van der Waals surface area contributed by atoms with Gasteiger partial charge < -0.3 is 15.5 Å². The molecule has 36 heavy (non-hydrogen) atoms. The molecule has 9 nitrogen and oxygen atoms in total. The Balaban J connectivity index is 1.24. The molecule has 184 valence electrons. The molecule has 1 aromatic carbocycles. The van der Waals surface area contributed by atoms with Gasteiger partial charge >= 0.3 is 0 Å². The van der Waals surface area contributed by atoms with Gasteiger partial charge in [0.2, 0.25) is 5.91 Å². The molecule has 1 aliphatic rings. The maximum Gasteiger partial charge on any atom is 0.265 e. The molecule has 10 heteroatoms. The monoisotopic (exact) mass is 502 g/mol. The summed E-state index contributed by atoms with van der Waals surface area (Å²) < 4.78 is 0. The lowest BCUT2D eigenvalue weighted by Gasteiger charge is -2.30. The molecule has 4 heterocycles. The number of aryl methyl sites for hydroxylation is 1. The lowest BCUT2D eigenvalue weighted by atomic mass is 10.1. The summed E-state index contributed by atoms with van der Waals surface area (Å²) >= 11 is 1.46. The Bertz CT molecular complexity index is 1460. The fourth-order valence-electron chi connectivity index (χ4n) is 4.33. The van der Waals surface area contributed by atoms with Crippen molar-refractivity contribution in [2.45, 2.75) is 39.3 Å². The molecular formula is C26H26N6O3S. The number of rotatable bonds is 6. The highest BCUT2D eigenvalue weighted by molar-refractivity contribution is 7.14. The number of aromatic nitrogens is 3. The van der Waals surface area contributed by atoms with Gasteiger partial charge in [-0.1, -0.05) is 6.92 Å². The maximum atomic E-state index is 13.3. The molecule has 0 aliphatic carbocycles. The van der Waals surface area contributed by atoms with Crippen LogP contribution in [0.4, 0.5) is 5.69 Å². The average molecular weight is 503 g/mol. The molecule has 3 aromatic heterocycles. The highest BCUT2D eigenvalue weighted by Gasteiger charge is 2.29. The van der Waals surface area contributed by atoms with Gasteiger partial charge in [0, 0.05) is 46.5 Å². The summed E-state index contributed by atoms with van der Waals surface area (Å²) in [5.74, 6) is -0.589. The molecule has 3 amide bonds. The highest BCUT2D eigenvalue weighted by atomic mass is 32.1. The Morgan fingerprint density at radius 2 is 2.03 bits per heavy atom. The third kappa shape index (κ3) is 4.85. The zero-order valence-electron chi connectivity index (χ0n) is 20.0. The lowest BCUT2D eigenvalue weighted by Crippen LogP contribution is -2.49. The van der Waals surface area contributed by atoms with Crippen molar-refractivity contribution in [3.05, 3.63) is 75.4 Å². The zero-order valence-corrected chi connectivity index (χ0v) is 20.8. The van der Waals surface area contributed by atoms with Gasteiger partial charge in [-0.2, -0.15) is 5.10 Å². The maximum absolute atomic E-state index is 13.3. The molecule has 1 atom stereocenters. The van der Waals surface area contributed by atoms with Crippen LogP contribution in [-0.2, 0) is 17.8 Å². The molecule has 0 bridgehead atoms. The molecule has 0 saturated carbocycles. The van der Waals surface area contributed by atoms with Gasteiger partial charge in [-0.25, -0.2) is 0 Å². The summed E-state index contributed by atoms with van der Waals surface area (Å²) in [5.41, 5.74) is 3.82. The van der Waals surface area contributed by atoms with Crippen LogP contribution < -0.4 is 10.6 Å². The van der Waals surface area contributed by atoms with E-state index in [1.165, 1.54) is 11.3 Å². The standard InChI is InChI=1S/C26H26N6O3S/c1-3-20(30-24(33)16-4-5-21-17(11-16)13-28-31-21)26(35)32-9-7-22-18(14-32)12-23(36-22)25(34)29-19-6-8-27-15(2)10-19/h4-6,8,10-13,20H,3,7,9,14H2,1-2H3,(H,28,31)(H,30,33)(H,27,29,34)/t20-/m1/s1. The van der Waals surface area contributed by atoms with Gasteiger partial charge in [-0.15, -0.1) is 11.3 Å². The van der Waals surface area contributed by atoms with Gasteiger partial charge in [-0.3, -0.25) is 24.5 Å². The summed E-state index contributed by atoms with van der Waals surface area (Å²) in [4.78, 5) is 46.6. The lowest BCUT2D eigenvalue weighted by molar-refractivity contribution is -0.134. The smallest absolute Gasteiger partial charge is 0.265 e. The van der Waals surface area contributed by atoms with Gasteiger partial charge in [0.25, 0.3) is 11.8 Å². The van der Waals surface area contributed by atoms with Crippen LogP contribution in [-0.4, -0.2) is 50.4 Å². The minimum atomic E-state index is -0.629. The van der Waals surface area contributed by atoms with E-state index in [9.17, 15) is 14.4 Å². The number of nitrogens with one attached hydrogen (secondary N) is 3. The number of anilines is 1. The van der Waals surface area contributed by atoms with Crippen LogP contribution in [0.3, 0.4) is 0 Å². The Kier molecular flexibility index (Phi) is 6.51. The Labute approximate surface area is 211 Å². The summed E-state index contributed by atoms with van der Waals surface area (Å²) in [7, 11) is 0. The molecule has 5 rings (SSSR count). The van der Waals surface area contributed by atoms with Crippen molar-refractivity contribution in [2.24, 2.45) is 0 Å². The van der Waals surface area contributed by atoms with Crippen LogP contribution in [0.5, 0.6) is 0 Å². The van der Waals surface area contributed by atoms with Crippen LogP contribution in [0.25, 0.3) is 10.9 Å². The van der Waals surface area contributed by atoms with Crippen LogP contribution in [0.2, 0.25) is 0 Å². The quantitative estimate of drug-likeness (QED) is 0.372. The number of pyridine rings is 1. The molecule has 0 unspecified atom stereocenters. The number of H-pyrrole nitrogens is 1. The summed E-state index contributed by atoms with van der Waals surface area (Å²) in [6, 6.07) is 10.1. The Morgan fingerprint density at radius 3 is 2.83 bits per heavy atom. The molecular weight excluding hydrogens is 476 g/mol. The van der Waals surface area contributed by atoms with E-state index in [1.54, 1.807) is 41.6 Å². The fourth-order valence-corrected chi connectivity index (χ4v) is 5.39.